The summed E-state index contributed by atoms with van der Waals surface area (Å²) < 4.78 is 36.9. The highest BCUT2D eigenvalue weighted by Gasteiger charge is 2.41. The number of hydrogen-bond donors (Lipinski definition) is 1. The minimum atomic E-state index is -4.46. The van der Waals surface area contributed by atoms with Gasteiger partial charge in [-0.25, -0.2) is 4.79 Å². The lowest BCUT2D eigenvalue weighted by molar-refractivity contribution is -0.150. The molecule has 0 aromatic rings. The fraction of sp³-hybridized carbons (Fsp3) is 0.800. The molecule has 0 radical (unpaired) electrons. The first kappa shape index (κ1) is 14.6. The molecule has 0 atom stereocenters. The normalized spacial score (nSPS) is 16.7. The van der Waals surface area contributed by atoms with Crippen LogP contribution in [0.25, 0.3) is 0 Å². The molecule has 0 unspecified atom stereocenters. The van der Waals surface area contributed by atoms with E-state index in [0.29, 0.717) is 4.90 Å². The maximum absolute atomic E-state index is 12.3. The van der Waals surface area contributed by atoms with Gasteiger partial charge >= 0.3 is 18.2 Å². The van der Waals surface area contributed by atoms with Crippen molar-refractivity contribution in [2.45, 2.75) is 26.1 Å². The number of likely N-dealkylation sites (tertiary alicyclic amines) is 1. The SMILES string of the molecule is CC(C)N(CC(F)(F)F)C(=O)N1CC(C(=O)O)C1. The van der Waals surface area contributed by atoms with Crippen LogP contribution in [0.4, 0.5) is 18.0 Å². The summed E-state index contributed by atoms with van der Waals surface area (Å²) in [4.78, 5) is 24.1. The maximum atomic E-state index is 12.3. The van der Waals surface area contributed by atoms with Gasteiger partial charge in [0.1, 0.15) is 6.54 Å². The Balaban J connectivity index is 2.60. The molecule has 0 aromatic carbocycles. The van der Waals surface area contributed by atoms with Gasteiger partial charge in [0.15, 0.2) is 0 Å². The van der Waals surface area contributed by atoms with E-state index in [4.69, 9.17) is 5.11 Å². The molecule has 8 heteroatoms. The number of hydrogen-bond acceptors (Lipinski definition) is 2. The van der Waals surface area contributed by atoms with Crippen LogP contribution in [0.5, 0.6) is 0 Å². The third kappa shape index (κ3) is 3.51. The highest BCUT2D eigenvalue weighted by Crippen LogP contribution is 2.23. The second-order valence-corrected chi connectivity index (χ2v) is 4.56. The largest absolute Gasteiger partial charge is 0.481 e. The summed E-state index contributed by atoms with van der Waals surface area (Å²) in [6.45, 7) is 1.58. The van der Waals surface area contributed by atoms with Crippen LogP contribution >= 0.6 is 0 Å². The molecule has 1 rings (SSSR count). The standard InChI is InChI=1S/C10H15F3N2O3/c1-6(2)15(5-10(11,12)13)9(18)14-3-7(4-14)8(16)17/h6-7H,3-5H2,1-2H3,(H,16,17). The third-order valence-corrected chi connectivity index (χ3v) is 2.72. The summed E-state index contributed by atoms with van der Waals surface area (Å²) in [7, 11) is 0. The summed E-state index contributed by atoms with van der Waals surface area (Å²) in [5, 5.41) is 8.64. The van der Waals surface area contributed by atoms with E-state index in [1.807, 2.05) is 0 Å². The quantitative estimate of drug-likeness (QED) is 0.841. The van der Waals surface area contributed by atoms with Crippen LogP contribution in [0.15, 0.2) is 0 Å². The zero-order valence-corrected chi connectivity index (χ0v) is 10.1. The number of urea groups is 1. The number of halogens is 3. The smallest absolute Gasteiger partial charge is 0.406 e. The Morgan fingerprint density at radius 2 is 1.89 bits per heavy atom. The van der Waals surface area contributed by atoms with Gasteiger partial charge in [-0.1, -0.05) is 0 Å². The van der Waals surface area contributed by atoms with Crippen molar-refractivity contribution in [2.24, 2.45) is 5.92 Å². The predicted molar refractivity (Wildman–Crippen MR) is 56.0 cm³/mol. The number of carbonyl (C=O) groups excluding carboxylic acids is 1. The molecule has 0 bridgehead atoms. The Hall–Kier alpha value is -1.47. The topological polar surface area (TPSA) is 60.9 Å². The lowest BCUT2D eigenvalue weighted by atomic mass is 10.0. The molecule has 5 nitrogen and oxygen atoms in total. The van der Waals surface area contributed by atoms with Gasteiger partial charge < -0.3 is 14.9 Å². The van der Waals surface area contributed by atoms with Crippen molar-refractivity contribution in [3.8, 4) is 0 Å². The predicted octanol–water partition coefficient (Wildman–Crippen LogP) is 1.40. The van der Waals surface area contributed by atoms with Crippen LogP contribution in [0.1, 0.15) is 13.8 Å². The molecule has 1 aliphatic rings. The van der Waals surface area contributed by atoms with Crippen molar-refractivity contribution in [1.29, 1.82) is 0 Å². The molecule has 104 valence electrons. The van der Waals surface area contributed by atoms with Crippen molar-refractivity contribution >= 4 is 12.0 Å². The van der Waals surface area contributed by atoms with Gasteiger partial charge in [-0.05, 0) is 13.8 Å². The van der Waals surface area contributed by atoms with Gasteiger partial charge in [0.05, 0.1) is 5.92 Å². The van der Waals surface area contributed by atoms with E-state index in [0.717, 1.165) is 4.90 Å². The monoisotopic (exact) mass is 268 g/mol. The van der Waals surface area contributed by atoms with Gasteiger partial charge in [0, 0.05) is 19.1 Å². The molecule has 0 spiro atoms. The molecular formula is C10H15F3N2O3. The molecule has 1 N–H and O–H groups in total. The fourth-order valence-electron chi connectivity index (χ4n) is 1.64. The van der Waals surface area contributed by atoms with Crippen LogP contribution in [0.3, 0.4) is 0 Å². The minimum Gasteiger partial charge on any atom is -0.481 e. The molecule has 2 amide bonds. The average molecular weight is 268 g/mol. The Morgan fingerprint density at radius 1 is 1.39 bits per heavy atom. The van der Waals surface area contributed by atoms with Crippen molar-refractivity contribution in [2.75, 3.05) is 19.6 Å². The first-order valence-corrected chi connectivity index (χ1v) is 5.47. The van der Waals surface area contributed by atoms with Gasteiger partial charge in [-0.3, -0.25) is 4.79 Å². The van der Waals surface area contributed by atoms with Crippen LogP contribution in [-0.4, -0.2) is 58.8 Å². The van der Waals surface area contributed by atoms with Gasteiger partial charge in [-0.15, -0.1) is 0 Å². The Labute approximate surface area is 102 Å². The van der Waals surface area contributed by atoms with E-state index in [2.05, 4.69) is 0 Å². The number of amides is 2. The molecule has 0 saturated carbocycles. The molecule has 0 aromatic heterocycles. The Morgan fingerprint density at radius 3 is 2.22 bits per heavy atom. The summed E-state index contributed by atoms with van der Waals surface area (Å²) in [5.41, 5.74) is 0. The summed E-state index contributed by atoms with van der Waals surface area (Å²) in [6.07, 6.45) is -4.46. The van der Waals surface area contributed by atoms with E-state index in [-0.39, 0.29) is 13.1 Å². The number of rotatable bonds is 3. The molecule has 0 aliphatic carbocycles. The third-order valence-electron chi connectivity index (χ3n) is 2.72. The van der Waals surface area contributed by atoms with Gasteiger partial charge in [0.2, 0.25) is 0 Å². The van der Waals surface area contributed by atoms with E-state index in [1.54, 1.807) is 0 Å². The highest BCUT2D eigenvalue weighted by molar-refractivity contribution is 5.80. The number of aliphatic carboxylic acids is 1. The van der Waals surface area contributed by atoms with E-state index in [9.17, 15) is 22.8 Å². The second-order valence-electron chi connectivity index (χ2n) is 4.56. The number of carboxylic acid groups (broad SMARTS) is 1. The summed E-state index contributed by atoms with van der Waals surface area (Å²) in [6, 6.07) is -1.36. The van der Waals surface area contributed by atoms with Crippen LogP contribution in [0.2, 0.25) is 0 Å². The fourth-order valence-corrected chi connectivity index (χ4v) is 1.64. The van der Waals surface area contributed by atoms with Gasteiger partial charge in [-0.2, -0.15) is 13.2 Å². The van der Waals surface area contributed by atoms with Crippen LogP contribution < -0.4 is 0 Å². The molecule has 18 heavy (non-hydrogen) atoms. The summed E-state index contributed by atoms with van der Waals surface area (Å²) >= 11 is 0. The zero-order chi connectivity index (χ0) is 14.1. The van der Waals surface area contributed by atoms with E-state index >= 15 is 0 Å². The van der Waals surface area contributed by atoms with E-state index < -0.39 is 36.7 Å². The van der Waals surface area contributed by atoms with Crippen molar-refractivity contribution < 1.29 is 27.9 Å². The summed E-state index contributed by atoms with van der Waals surface area (Å²) in [5.74, 6) is -1.71. The number of carboxylic acids is 1. The molecular weight excluding hydrogens is 253 g/mol. The Kier molecular flexibility index (Phi) is 4.08. The zero-order valence-electron chi connectivity index (χ0n) is 10.1. The Bertz CT molecular complexity index is 338. The molecule has 1 fully saturated rings. The second kappa shape index (κ2) is 5.03. The highest BCUT2D eigenvalue weighted by atomic mass is 19.4. The first-order valence-electron chi connectivity index (χ1n) is 5.47. The number of alkyl halides is 3. The van der Waals surface area contributed by atoms with Gasteiger partial charge in [0.25, 0.3) is 0 Å². The van der Waals surface area contributed by atoms with E-state index in [1.165, 1.54) is 13.8 Å². The van der Waals surface area contributed by atoms with Crippen LogP contribution in [0, 0.1) is 5.92 Å². The number of carbonyl (C=O) groups is 2. The lowest BCUT2D eigenvalue weighted by Gasteiger charge is -2.41. The van der Waals surface area contributed by atoms with Crippen molar-refractivity contribution in [3.63, 3.8) is 0 Å². The van der Waals surface area contributed by atoms with Crippen LogP contribution in [-0.2, 0) is 4.79 Å². The first-order chi connectivity index (χ1) is 8.11. The minimum absolute atomic E-state index is 0.0325. The van der Waals surface area contributed by atoms with Crippen molar-refractivity contribution in [3.05, 3.63) is 0 Å². The maximum Gasteiger partial charge on any atom is 0.406 e. The molecule has 1 saturated heterocycles. The number of nitrogens with zero attached hydrogens (tertiary/aromatic N) is 2. The molecule has 1 aliphatic heterocycles. The van der Waals surface area contributed by atoms with Crippen molar-refractivity contribution in [1.82, 2.24) is 9.80 Å². The molecule has 1 heterocycles. The average Bonchev–Trinajstić information content (AvgIpc) is 2.08. The lowest BCUT2D eigenvalue weighted by Crippen LogP contribution is -2.59.